The summed E-state index contributed by atoms with van der Waals surface area (Å²) in [6.07, 6.45) is -1.18. The fourth-order valence-electron chi connectivity index (χ4n) is 2.28. The van der Waals surface area contributed by atoms with E-state index in [1.165, 1.54) is 19.1 Å². The van der Waals surface area contributed by atoms with Crippen LogP contribution in [-0.2, 0) is 24.3 Å². The fourth-order valence-corrected chi connectivity index (χ4v) is 3.31. The van der Waals surface area contributed by atoms with Crippen molar-refractivity contribution in [3.05, 3.63) is 59.7 Å². The van der Waals surface area contributed by atoms with Gasteiger partial charge in [-0.05, 0) is 45.0 Å². The van der Waals surface area contributed by atoms with Gasteiger partial charge in [-0.15, -0.1) is 0 Å². The van der Waals surface area contributed by atoms with Crippen LogP contribution in [0.2, 0.25) is 0 Å². The monoisotopic (exact) mass is 404 g/mol. The number of hydrogen-bond acceptors (Lipinski definition) is 5. The Hall–Kier alpha value is -2.71. The predicted octanol–water partition coefficient (Wildman–Crippen LogP) is 2.54. The maximum absolute atomic E-state index is 12.2. The van der Waals surface area contributed by atoms with Gasteiger partial charge in [0.2, 0.25) is 10.0 Å². The molecule has 0 aliphatic carbocycles. The quantitative estimate of drug-likeness (QED) is 0.659. The predicted molar refractivity (Wildman–Crippen MR) is 106 cm³/mol. The summed E-state index contributed by atoms with van der Waals surface area (Å²) in [5.41, 5.74) is 2.61. The average Bonchev–Trinajstić information content (AvgIpc) is 2.63. The van der Waals surface area contributed by atoms with Crippen molar-refractivity contribution in [1.29, 1.82) is 0 Å². The lowest BCUT2D eigenvalue weighted by Crippen LogP contribution is -2.32. The topological polar surface area (TPSA) is 102 Å². The average molecular weight is 404 g/mol. The number of ether oxygens (including phenoxy) is 1. The zero-order valence-corrected chi connectivity index (χ0v) is 16.9. The normalized spacial score (nSPS) is 12.2. The third-order valence-electron chi connectivity index (χ3n) is 3.95. The summed E-state index contributed by atoms with van der Waals surface area (Å²) in [6.45, 7) is 5.12. The van der Waals surface area contributed by atoms with Crippen LogP contribution < -0.4 is 10.0 Å². The van der Waals surface area contributed by atoms with Crippen LogP contribution in [-0.4, -0.2) is 32.9 Å². The lowest BCUT2D eigenvalue weighted by molar-refractivity contribution is -0.152. The van der Waals surface area contributed by atoms with Gasteiger partial charge in [0.15, 0.2) is 6.10 Å². The number of rotatable bonds is 8. The first-order valence-electron chi connectivity index (χ1n) is 8.81. The van der Waals surface area contributed by atoms with Crippen molar-refractivity contribution < 1.29 is 22.7 Å². The molecule has 0 saturated heterocycles. The summed E-state index contributed by atoms with van der Waals surface area (Å²) < 4.78 is 31.7. The van der Waals surface area contributed by atoms with Crippen LogP contribution >= 0.6 is 0 Å². The molecule has 1 amide bonds. The smallest absolute Gasteiger partial charge is 0.307 e. The highest BCUT2D eigenvalue weighted by Crippen LogP contribution is 2.11. The molecule has 0 spiro atoms. The molecule has 0 bridgehead atoms. The van der Waals surface area contributed by atoms with E-state index in [1.807, 2.05) is 26.0 Å². The van der Waals surface area contributed by atoms with Gasteiger partial charge >= 0.3 is 5.97 Å². The molecule has 2 rings (SSSR count). The standard InChI is InChI=1S/C20H24N2O5S/c1-14-4-8-17(9-5-14)22-20(24)16(3)27-19(23)12-13-21-28(25,26)18-10-6-15(2)7-11-18/h4-11,16,21H,12-13H2,1-3H3,(H,22,24)/t16-/m1/s1. The Morgan fingerprint density at radius 3 is 2.07 bits per heavy atom. The van der Waals surface area contributed by atoms with Crippen molar-refractivity contribution in [2.75, 3.05) is 11.9 Å². The molecule has 1 atom stereocenters. The molecule has 0 aliphatic heterocycles. The van der Waals surface area contributed by atoms with E-state index in [-0.39, 0.29) is 17.9 Å². The van der Waals surface area contributed by atoms with Crippen LogP contribution in [0, 0.1) is 13.8 Å². The molecule has 28 heavy (non-hydrogen) atoms. The number of amides is 1. The Kier molecular flexibility index (Phi) is 7.31. The van der Waals surface area contributed by atoms with Gasteiger partial charge in [0.25, 0.3) is 5.91 Å². The largest absolute Gasteiger partial charge is 0.452 e. The van der Waals surface area contributed by atoms with Crippen molar-refractivity contribution >= 4 is 27.6 Å². The van der Waals surface area contributed by atoms with Crippen LogP contribution in [0.5, 0.6) is 0 Å². The van der Waals surface area contributed by atoms with Gasteiger partial charge in [0.05, 0.1) is 11.3 Å². The second kappa shape index (κ2) is 9.48. The summed E-state index contributed by atoms with van der Waals surface area (Å²) >= 11 is 0. The molecule has 0 radical (unpaired) electrons. The van der Waals surface area contributed by atoms with Gasteiger partial charge in [-0.25, -0.2) is 13.1 Å². The van der Waals surface area contributed by atoms with E-state index in [0.717, 1.165) is 11.1 Å². The number of aryl methyl sites for hydroxylation is 2. The minimum Gasteiger partial charge on any atom is -0.452 e. The van der Waals surface area contributed by atoms with Crippen molar-refractivity contribution in [2.45, 2.75) is 38.2 Å². The number of carbonyl (C=O) groups excluding carboxylic acids is 2. The molecule has 0 heterocycles. The molecule has 8 heteroatoms. The Bertz CT molecular complexity index is 922. The van der Waals surface area contributed by atoms with Gasteiger partial charge < -0.3 is 10.1 Å². The summed E-state index contributed by atoms with van der Waals surface area (Å²) in [6, 6.07) is 13.6. The van der Waals surface area contributed by atoms with Crippen molar-refractivity contribution in [2.24, 2.45) is 0 Å². The molecule has 2 aromatic carbocycles. The third-order valence-corrected chi connectivity index (χ3v) is 5.43. The number of anilines is 1. The second-order valence-corrected chi connectivity index (χ2v) is 8.22. The Balaban J connectivity index is 1.78. The van der Waals surface area contributed by atoms with E-state index in [4.69, 9.17) is 4.74 Å². The second-order valence-electron chi connectivity index (χ2n) is 6.45. The van der Waals surface area contributed by atoms with Gasteiger partial charge in [-0.2, -0.15) is 0 Å². The number of hydrogen-bond donors (Lipinski definition) is 2. The first kappa shape index (κ1) is 21.6. The van der Waals surface area contributed by atoms with Gasteiger partial charge in [-0.3, -0.25) is 9.59 Å². The molecule has 150 valence electrons. The zero-order valence-electron chi connectivity index (χ0n) is 16.1. The molecular weight excluding hydrogens is 380 g/mol. The molecule has 0 aromatic heterocycles. The maximum Gasteiger partial charge on any atom is 0.307 e. The number of sulfonamides is 1. The molecule has 2 N–H and O–H groups in total. The number of esters is 1. The van der Waals surface area contributed by atoms with Crippen LogP contribution in [0.25, 0.3) is 0 Å². The van der Waals surface area contributed by atoms with Crippen LogP contribution in [0.3, 0.4) is 0 Å². The van der Waals surface area contributed by atoms with Crippen LogP contribution in [0.15, 0.2) is 53.4 Å². The Morgan fingerprint density at radius 1 is 0.964 bits per heavy atom. The highest BCUT2D eigenvalue weighted by Gasteiger charge is 2.19. The van der Waals surface area contributed by atoms with E-state index in [1.54, 1.807) is 24.3 Å². The van der Waals surface area contributed by atoms with E-state index >= 15 is 0 Å². The first-order valence-corrected chi connectivity index (χ1v) is 10.3. The minimum absolute atomic E-state index is 0.123. The Morgan fingerprint density at radius 2 is 1.50 bits per heavy atom. The third kappa shape index (κ3) is 6.47. The van der Waals surface area contributed by atoms with Crippen molar-refractivity contribution in [3.8, 4) is 0 Å². The molecule has 7 nitrogen and oxygen atoms in total. The van der Waals surface area contributed by atoms with Crippen LogP contribution in [0.4, 0.5) is 5.69 Å². The van der Waals surface area contributed by atoms with E-state index in [9.17, 15) is 18.0 Å². The highest BCUT2D eigenvalue weighted by atomic mass is 32.2. The summed E-state index contributed by atoms with van der Waals surface area (Å²) in [5.74, 6) is -1.13. The lowest BCUT2D eigenvalue weighted by atomic mass is 10.2. The number of nitrogens with one attached hydrogen (secondary N) is 2. The lowest BCUT2D eigenvalue weighted by Gasteiger charge is -2.14. The molecular formula is C20H24N2O5S. The van der Waals surface area contributed by atoms with E-state index < -0.39 is 28.0 Å². The number of carbonyl (C=O) groups is 2. The van der Waals surface area contributed by atoms with Crippen LogP contribution in [0.1, 0.15) is 24.5 Å². The first-order chi connectivity index (χ1) is 13.2. The van der Waals surface area contributed by atoms with E-state index in [0.29, 0.717) is 5.69 Å². The van der Waals surface area contributed by atoms with Gasteiger partial charge in [-0.1, -0.05) is 35.4 Å². The van der Waals surface area contributed by atoms with Crippen molar-refractivity contribution in [1.82, 2.24) is 4.72 Å². The van der Waals surface area contributed by atoms with Gasteiger partial charge in [0, 0.05) is 12.2 Å². The van der Waals surface area contributed by atoms with Crippen molar-refractivity contribution in [3.63, 3.8) is 0 Å². The maximum atomic E-state index is 12.2. The van der Waals surface area contributed by atoms with Gasteiger partial charge in [0.1, 0.15) is 0 Å². The fraction of sp³-hybridized carbons (Fsp3) is 0.300. The summed E-state index contributed by atoms with van der Waals surface area (Å²) in [7, 11) is -3.70. The summed E-state index contributed by atoms with van der Waals surface area (Å²) in [5, 5.41) is 2.65. The molecule has 0 fully saturated rings. The zero-order chi connectivity index (χ0) is 20.7. The minimum atomic E-state index is -3.70. The molecule has 0 aliphatic rings. The highest BCUT2D eigenvalue weighted by molar-refractivity contribution is 7.89. The molecule has 0 saturated carbocycles. The Labute approximate surface area is 165 Å². The molecule has 0 unspecified atom stereocenters. The SMILES string of the molecule is Cc1ccc(NC(=O)[C@@H](C)OC(=O)CCNS(=O)(=O)c2ccc(C)cc2)cc1. The summed E-state index contributed by atoms with van der Waals surface area (Å²) in [4.78, 5) is 24.1. The molecule has 2 aromatic rings. The number of benzene rings is 2. The van der Waals surface area contributed by atoms with E-state index in [2.05, 4.69) is 10.0 Å².